The molecule has 1 heterocycles. The van der Waals surface area contributed by atoms with Crippen molar-refractivity contribution >= 4 is 22.5 Å². The molecule has 0 aromatic heterocycles. The fourth-order valence-corrected chi connectivity index (χ4v) is 3.97. The molecule has 150 valence electrons. The highest BCUT2D eigenvalue weighted by molar-refractivity contribution is 5.87. The molecule has 0 saturated carbocycles. The Morgan fingerprint density at radius 3 is 2.38 bits per heavy atom. The quantitative estimate of drug-likeness (QED) is 0.642. The SMILES string of the molecule is COc1ccc2ccccc2c1CN1CCN(C/C=C/c2ccc(N)cc2)CC1. The van der Waals surface area contributed by atoms with Crippen LogP contribution in [0.3, 0.4) is 0 Å². The van der Waals surface area contributed by atoms with E-state index in [1.807, 2.05) is 12.1 Å². The second-order valence-electron chi connectivity index (χ2n) is 7.61. The molecule has 0 aliphatic carbocycles. The third-order valence-electron chi connectivity index (χ3n) is 5.67. The van der Waals surface area contributed by atoms with E-state index in [0.29, 0.717) is 0 Å². The average molecular weight is 388 g/mol. The highest BCUT2D eigenvalue weighted by Crippen LogP contribution is 2.29. The van der Waals surface area contributed by atoms with Crippen LogP contribution in [0, 0.1) is 0 Å². The fourth-order valence-electron chi connectivity index (χ4n) is 3.97. The van der Waals surface area contributed by atoms with Crippen LogP contribution < -0.4 is 10.5 Å². The molecule has 4 heteroatoms. The van der Waals surface area contributed by atoms with Crippen molar-refractivity contribution in [3.8, 4) is 5.75 Å². The second-order valence-corrected chi connectivity index (χ2v) is 7.61. The van der Waals surface area contributed by atoms with Gasteiger partial charge in [-0.1, -0.05) is 54.6 Å². The van der Waals surface area contributed by atoms with Crippen LogP contribution in [0.25, 0.3) is 16.8 Å². The van der Waals surface area contributed by atoms with Gasteiger partial charge in [0.05, 0.1) is 7.11 Å². The summed E-state index contributed by atoms with van der Waals surface area (Å²) in [7, 11) is 1.76. The van der Waals surface area contributed by atoms with Gasteiger partial charge in [-0.15, -0.1) is 0 Å². The van der Waals surface area contributed by atoms with Gasteiger partial charge in [0.15, 0.2) is 0 Å². The maximum absolute atomic E-state index is 5.74. The topological polar surface area (TPSA) is 41.7 Å². The Bertz CT molecular complexity index is 973. The van der Waals surface area contributed by atoms with Crippen LogP contribution in [0.5, 0.6) is 5.75 Å². The number of ether oxygens (including phenoxy) is 1. The minimum atomic E-state index is 0.807. The smallest absolute Gasteiger partial charge is 0.123 e. The van der Waals surface area contributed by atoms with Crippen molar-refractivity contribution in [2.24, 2.45) is 0 Å². The Labute approximate surface area is 173 Å². The molecule has 0 unspecified atom stereocenters. The van der Waals surface area contributed by atoms with Gasteiger partial charge < -0.3 is 10.5 Å². The lowest BCUT2D eigenvalue weighted by atomic mass is 10.0. The lowest BCUT2D eigenvalue weighted by molar-refractivity contribution is 0.136. The average Bonchev–Trinajstić information content (AvgIpc) is 2.76. The number of hydrogen-bond acceptors (Lipinski definition) is 4. The van der Waals surface area contributed by atoms with Crippen molar-refractivity contribution in [1.29, 1.82) is 0 Å². The van der Waals surface area contributed by atoms with E-state index in [4.69, 9.17) is 10.5 Å². The fraction of sp³-hybridized carbons (Fsp3) is 0.280. The van der Waals surface area contributed by atoms with E-state index < -0.39 is 0 Å². The largest absolute Gasteiger partial charge is 0.496 e. The molecule has 4 rings (SSSR count). The van der Waals surface area contributed by atoms with Gasteiger partial charge in [-0.05, 0) is 34.5 Å². The molecule has 0 bridgehead atoms. The lowest BCUT2D eigenvalue weighted by Crippen LogP contribution is -2.45. The van der Waals surface area contributed by atoms with Crippen molar-refractivity contribution in [3.63, 3.8) is 0 Å². The van der Waals surface area contributed by atoms with E-state index in [2.05, 4.69) is 70.5 Å². The highest BCUT2D eigenvalue weighted by Gasteiger charge is 2.18. The maximum atomic E-state index is 5.74. The van der Waals surface area contributed by atoms with E-state index in [1.165, 1.54) is 21.9 Å². The first-order valence-electron chi connectivity index (χ1n) is 10.2. The molecule has 0 atom stereocenters. The summed E-state index contributed by atoms with van der Waals surface area (Å²) in [4.78, 5) is 5.04. The molecule has 3 aromatic carbocycles. The van der Waals surface area contributed by atoms with Crippen LogP contribution in [0.4, 0.5) is 5.69 Å². The number of piperazine rings is 1. The highest BCUT2D eigenvalue weighted by atomic mass is 16.5. The Balaban J connectivity index is 1.34. The zero-order valence-corrected chi connectivity index (χ0v) is 17.1. The van der Waals surface area contributed by atoms with Crippen molar-refractivity contribution < 1.29 is 4.74 Å². The predicted molar refractivity (Wildman–Crippen MR) is 122 cm³/mol. The second kappa shape index (κ2) is 9.12. The molecule has 1 fully saturated rings. The summed E-state index contributed by atoms with van der Waals surface area (Å²) in [5.74, 6) is 0.984. The standard InChI is InChI=1S/C25H29N3O/c1-29-25-13-10-21-6-2-3-7-23(21)24(25)19-28-17-15-27(16-18-28)14-4-5-20-8-11-22(26)12-9-20/h2-13H,14-19,26H2,1H3/b5-4+. The van der Waals surface area contributed by atoms with E-state index in [-0.39, 0.29) is 0 Å². The van der Waals surface area contributed by atoms with Gasteiger partial charge >= 0.3 is 0 Å². The molecule has 29 heavy (non-hydrogen) atoms. The van der Waals surface area contributed by atoms with Gasteiger partial charge in [-0.2, -0.15) is 0 Å². The number of nitrogens with zero attached hydrogens (tertiary/aromatic N) is 2. The zero-order chi connectivity index (χ0) is 20.1. The number of methoxy groups -OCH3 is 1. The third kappa shape index (κ3) is 4.78. The molecule has 2 N–H and O–H groups in total. The summed E-state index contributed by atoms with van der Waals surface area (Å²) in [5.41, 5.74) is 9.04. The van der Waals surface area contributed by atoms with Gasteiger partial charge in [0.25, 0.3) is 0 Å². The Morgan fingerprint density at radius 2 is 1.62 bits per heavy atom. The zero-order valence-electron chi connectivity index (χ0n) is 17.1. The van der Waals surface area contributed by atoms with Crippen LogP contribution in [-0.2, 0) is 6.54 Å². The summed E-state index contributed by atoms with van der Waals surface area (Å²) in [5, 5.41) is 2.57. The lowest BCUT2D eigenvalue weighted by Gasteiger charge is -2.34. The van der Waals surface area contributed by atoms with Crippen LogP contribution in [0.15, 0.2) is 66.7 Å². The first-order valence-corrected chi connectivity index (χ1v) is 10.2. The molecular formula is C25H29N3O. The summed E-state index contributed by atoms with van der Waals surface area (Å²) >= 11 is 0. The molecule has 1 saturated heterocycles. The van der Waals surface area contributed by atoms with Gasteiger partial charge in [-0.25, -0.2) is 0 Å². The molecule has 0 radical (unpaired) electrons. The van der Waals surface area contributed by atoms with Gasteiger partial charge in [0, 0.05) is 50.5 Å². The number of nitrogen functional groups attached to an aromatic ring is 1. The Kier molecular flexibility index (Phi) is 6.13. The molecule has 1 aliphatic rings. The van der Waals surface area contributed by atoms with Gasteiger partial charge in [-0.3, -0.25) is 9.80 Å². The first kappa shape index (κ1) is 19.5. The van der Waals surface area contributed by atoms with E-state index >= 15 is 0 Å². The van der Waals surface area contributed by atoms with Crippen LogP contribution >= 0.6 is 0 Å². The van der Waals surface area contributed by atoms with Gasteiger partial charge in [0.2, 0.25) is 0 Å². The van der Waals surface area contributed by atoms with E-state index in [0.717, 1.165) is 50.7 Å². The number of benzene rings is 3. The predicted octanol–water partition coefficient (Wildman–Crippen LogP) is 4.26. The third-order valence-corrected chi connectivity index (χ3v) is 5.67. The molecule has 0 spiro atoms. The van der Waals surface area contributed by atoms with Crippen molar-refractivity contribution in [1.82, 2.24) is 9.80 Å². The van der Waals surface area contributed by atoms with Crippen molar-refractivity contribution in [2.45, 2.75) is 6.54 Å². The van der Waals surface area contributed by atoms with Crippen molar-refractivity contribution in [2.75, 3.05) is 45.6 Å². The number of anilines is 1. The molecule has 0 amide bonds. The van der Waals surface area contributed by atoms with Crippen LogP contribution in [-0.4, -0.2) is 49.6 Å². The molecule has 3 aromatic rings. The van der Waals surface area contributed by atoms with Gasteiger partial charge in [0.1, 0.15) is 5.75 Å². The first-order chi connectivity index (χ1) is 14.2. The number of fused-ring (bicyclic) bond motifs is 1. The summed E-state index contributed by atoms with van der Waals surface area (Å²) < 4.78 is 5.66. The summed E-state index contributed by atoms with van der Waals surface area (Å²) in [6.07, 6.45) is 4.42. The molecule has 1 aliphatic heterocycles. The minimum absolute atomic E-state index is 0.807. The summed E-state index contributed by atoms with van der Waals surface area (Å²) in [6, 6.07) is 20.8. The normalized spacial score (nSPS) is 15.9. The van der Waals surface area contributed by atoms with Crippen LogP contribution in [0.2, 0.25) is 0 Å². The number of nitrogens with two attached hydrogens (primary N) is 1. The van der Waals surface area contributed by atoms with E-state index in [1.54, 1.807) is 7.11 Å². The molecule has 4 nitrogen and oxygen atoms in total. The Hall–Kier alpha value is -2.82. The maximum Gasteiger partial charge on any atom is 0.123 e. The number of hydrogen-bond donors (Lipinski definition) is 1. The Morgan fingerprint density at radius 1 is 0.897 bits per heavy atom. The minimum Gasteiger partial charge on any atom is -0.496 e. The van der Waals surface area contributed by atoms with E-state index in [9.17, 15) is 0 Å². The summed E-state index contributed by atoms with van der Waals surface area (Å²) in [6.45, 7) is 6.22. The number of rotatable bonds is 6. The monoisotopic (exact) mass is 387 g/mol. The molecular weight excluding hydrogens is 358 g/mol. The van der Waals surface area contributed by atoms with Crippen molar-refractivity contribution in [3.05, 3.63) is 77.9 Å². The van der Waals surface area contributed by atoms with Crippen LogP contribution in [0.1, 0.15) is 11.1 Å².